The second kappa shape index (κ2) is 9.26. The molecule has 0 amide bonds. The van der Waals surface area contributed by atoms with E-state index in [4.69, 9.17) is 16.3 Å². The van der Waals surface area contributed by atoms with E-state index in [1.807, 2.05) is 0 Å². The van der Waals surface area contributed by atoms with Gasteiger partial charge < -0.3 is 20.1 Å². The largest absolute Gasteiger partial charge is 0.491 e. The summed E-state index contributed by atoms with van der Waals surface area (Å²) in [5.41, 5.74) is 0. The molecule has 2 unspecified atom stereocenters. The van der Waals surface area contributed by atoms with Crippen molar-refractivity contribution in [3.8, 4) is 5.75 Å². The molecule has 1 aromatic rings. The maximum absolute atomic E-state index is 10.0. The fourth-order valence-corrected chi connectivity index (χ4v) is 2.10. The first-order valence-electron chi connectivity index (χ1n) is 7.33. The first-order chi connectivity index (χ1) is 9.88. The lowest BCUT2D eigenvalue weighted by Gasteiger charge is -2.26. The Balaban J connectivity index is 2.32. The van der Waals surface area contributed by atoms with Crippen LogP contribution in [0.25, 0.3) is 0 Å². The van der Waals surface area contributed by atoms with Crippen molar-refractivity contribution >= 4 is 11.6 Å². The molecule has 0 fully saturated rings. The van der Waals surface area contributed by atoms with Crippen LogP contribution in [0.3, 0.4) is 0 Å². The average Bonchev–Trinajstić information content (AvgIpc) is 2.42. The number of hydrogen-bond acceptors (Lipinski definition) is 4. The summed E-state index contributed by atoms with van der Waals surface area (Å²) >= 11 is 5.81. The summed E-state index contributed by atoms with van der Waals surface area (Å²) in [5.74, 6) is 1.23. The maximum Gasteiger partial charge on any atom is 0.119 e. The molecule has 0 bridgehead atoms. The molecule has 4 nitrogen and oxygen atoms in total. The molecule has 2 atom stereocenters. The Labute approximate surface area is 133 Å². The quantitative estimate of drug-likeness (QED) is 0.734. The summed E-state index contributed by atoms with van der Waals surface area (Å²) < 4.78 is 5.54. The van der Waals surface area contributed by atoms with Gasteiger partial charge in [-0.2, -0.15) is 0 Å². The van der Waals surface area contributed by atoms with Crippen LogP contribution < -0.4 is 10.1 Å². The smallest absolute Gasteiger partial charge is 0.119 e. The van der Waals surface area contributed by atoms with Crippen LogP contribution in [0.2, 0.25) is 5.02 Å². The molecule has 0 radical (unpaired) electrons. The predicted molar refractivity (Wildman–Crippen MR) is 88.1 cm³/mol. The number of aliphatic hydroxyl groups excluding tert-OH is 1. The Morgan fingerprint density at radius 2 is 1.86 bits per heavy atom. The Morgan fingerprint density at radius 3 is 2.38 bits per heavy atom. The van der Waals surface area contributed by atoms with E-state index in [1.54, 1.807) is 24.3 Å². The summed E-state index contributed by atoms with van der Waals surface area (Å²) in [7, 11) is 4.11. The van der Waals surface area contributed by atoms with Crippen LogP contribution in [0.4, 0.5) is 0 Å². The molecule has 0 heterocycles. The third-order valence-corrected chi connectivity index (χ3v) is 3.49. The van der Waals surface area contributed by atoms with E-state index in [0.717, 1.165) is 6.54 Å². The standard InChI is InChI=1S/C16H27ClN2O2/c1-12(2)16(10-19(3)4)18-9-14(20)11-21-15-7-5-13(17)6-8-15/h5-8,12,14,16,18,20H,9-11H2,1-4H3. The molecule has 1 rings (SSSR count). The lowest BCUT2D eigenvalue weighted by atomic mass is 10.0. The SMILES string of the molecule is CC(C)C(CN(C)C)NCC(O)COc1ccc(Cl)cc1. The first kappa shape index (κ1) is 18.2. The van der Waals surface area contributed by atoms with Gasteiger partial charge in [-0.3, -0.25) is 0 Å². The highest BCUT2D eigenvalue weighted by molar-refractivity contribution is 6.30. The van der Waals surface area contributed by atoms with Crippen LogP contribution in [0.5, 0.6) is 5.75 Å². The van der Waals surface area contributed by atoms with Gasteiger partial charge in [0.2, 0.25) is 0 Å². The zero-order valence-electron chi connectivity index (χ0n) is 13.3. The summed E-state index contributed by atoms with van der Waals surface area (Å²) in [4.78, 5) is 2.15. The summed E-state index contributed by atoms with van der Waals surface area (Å²) in [6.07, 6.45) is -0.538. The topological polar surface area (TPSA) is 44.7 Å². The van der Waals surface area contributed by atoms with Gasteiger partial charge in [-0.25, -0.2) is 0 Å². The van der Waals surface area contributed by atoms with Crippen molar-refractivity contribution in [1.29, 1.82) is 0 Å². The fraction of sp³-hybridized carbons (Fsp3) is 0.625. The van der Waals surface area contributed by atoms with E-state index in [9.17, 15) is 5.11 Å². The molecule has 120 valence electrons. The maximum atomic E-state index is 10.0. The van der Waals surface area contributed by atoms with Crippen LogP contribution >= 0.6 is 11.6 Å². The fourth-order valence-electron chi connectivity index (χ4n) is 1.97. The minimum Gasteiger partial charge on any atom is -0.491 e. The van der Waals surface area contributed by atoms with Crippen molar-refractivity contribution in [2.45, 2.75) is 26.0 Å². The minimum atomic E-state index is -0.538. The van der Waals surface area contributed by atoms with Crippen LogP contribution in [-0.4, -0.2) is 55.9 Å². The molecule has 0 aromatic heterocycles. The molecule has 0 saturated heterocycles. The zero-order valence-corrected chi connectivity index (χ0v) is 14.1. The summed E-state index contributed by atoms with van der Waals surface area (Å²) in [5, 5.41) is 14.1. The van der Waals surface area contributed by atoms with Gasteiger partial charge in [0.05, 0.1) is 0 Å². The van der Waals surface area contributed by atoms with Crippen molar-refractivity contribution in [1.82, 2.24) is 10.2 Å². The molecule has 0 spiro atoms. The third kappa shape index (κ3) is 7.67. The number of nitrogens with one attached hydrogen (secondary N) is 1. The number of rotatable bonds is 9. The molecular formula is C16H27ClN2O2. The van der Waals surface area contributed by atoms with Crippen LogP contribution in [0.1, 0.15) is 13.8 Å². The van der Waals surface area contributed by atoms with Crippen LogP contribution in [0.15, 0.2) is 24.3 Å². The molecular weight excluding hydrogens is 288 g/mol. The second-order valence-corrected chi connectivity index (χ2v) is 6.38. The van der Waals surface area contributed by atoms with Gasteiger partial charge in [-0.05, 0) is 44.3 Å². The van der Waals surface area contributed by atoms with Crippen LogP contribution in [0, 0.1) is 5.92 Å². The van der Waals surface area contributed by atoms with E-state index < -0.39 is 6.10 Å². The van der Waals surface area contributed by atoms with Crippen molar-refractivity contribution in [2.75, 3.05) is 33.8 Å². The Morgan fingerprint density at radius 1 is 1.24 bits per heavy atom. The summed E-state index contributed by atoms with van der Waals surface area (Å²) in [6.45, 7) is 6.09. The predicted octanol–water partition coefficient (Wildman–Crippen LogP) is 2.26. The van der Waals surface area contributed by atoms with E-state index in [2.05, 4.69) is 38.2 Å². The van der Waals surface area contributed by atoms with Crippen molar-refractivity contribution < 1.29 is 9.84 Å². The van der Waals surface area contributed by atoms with E-state index in [-0.39, 0.29) is 6.61 Å². The molecule has 0 aliphatic carbocycles. The van der Waals surface area contributed by atoms with E-state index in [0.29, 0.717) is 29.3 Å². The number of likely N-dealkylation sites (N-methyl/N-ethyl adjacent to an activating group) is 1. The van der Waals surface area contributed by atoms with Gasteiger partial charge in [-0.15, -0.1) is 0 Å². The second-order valence-electron chi connectivity index (χ2n) is 5.94. The number of aliphatic hydroxyl groups is 1. The number of benzene rings is 1. The number of ether oxygens (including phenoxy) is 1. The monoisotopic (exact) mass is 314 g/mol. The third-order valence-electron chi connectivity index (χ3n) is 3.24. The highest BCUT2D eigenvalue weighted by Crippen LogP contribution is 2.15. The Bertz CT molecular complexity index is 396. The van der Waals surface area contributed by atoms with E-state index in [1.165, 1.54) is 0 Å². The molecule has 21 heavy (non-hydrogen) atoms. The van der Waals surface area contributed by atoms with Crippen LogP contribution in [-0.2, 0) is 0 Å². The molecule has 0 saturated carbocycles. The number of nitrogens with zero attached hydrogens (tertiary/aromatic N) is 1. The van der Waals surface area contributed by atoms with E-state index >= 15 is 0 Å². The number of halogens is 1. The van der Waals surface area contributed by atoms with Gasteiger partial charge in [0.15, 0.2) is 0 Å². The lowest BCUT2D eigenvalue weighted by Crippen LogP contribution is -2.45. The molecule has 0 aliphatic rings. The van der Waals surface area contributed by atoms with Gasteiger partial charge in [0.25, 0.3) is 0 Å². The Kier molecular flexibility index (Phi) is 8.04. The lowest BCUT2D eigenvalue weighted by molar-refractivity contribution is 0.0997. The molecule has 2 N–H and O–H groups in total. The van der Waals surface area contributed by atoms with Gasteiger partial charge in [-0.1, -0.05) is 25.4 Å². The van der Waals surface area contributed by atoms with Crippen molar-refractivity contribution in [3.05, 3.63) is 29.3 Å². The highest BCUT2D eigenvalue weighted by atomic mass is 35.5. The Hall–Kier alpha value is -0.810. The number of hydrogen-bond donors (Lipinski definition) is 2. The first-order valence-corrected chi connectivity index (χ1v) is 7.70. The highest BCUT2D eigenvalue weighted by Gasteiger charge is 2.15. The van der Waals surface area contributed by atoms with Gasteiger partial charge in [0, 0.05) is 24.2 Å². The molecule has 0 aliphatic heterocycles. The summed E-state index contributed by atoms with van der Waals surface area (Å²) in [6, 6.07) is 7.49. The van der Waals surface area contributed by atoms with Gasteiger partial charge in [0.1, 0.15) is 18.5 Å². The average molecular weight is 315 g/mol. The van der Waals surface area contributed by atoms with Gasteiger partial charge >= 0.3 is 0 Å². The van der Waals surface area contributed by atoms with Crippen molar-refractivity contribution in [2.24, 2.45) is 5.92 Å². The molecule has 1 aromatic carbocycles. The van der Waals surface area contributed by atoms with Crippen molar-refractivity contribution in [3.63, 3.8) is 0 Å². The minimum absolute atomic E-state index is 0.265. The zero-order chi connectivity index (χ0) is 15.8. The molecule has 5 heteroatoms. The normalized spacial score (nSPS) is 14.5.